The Hall–Kier alpha value is -1.49. The maximum absolute atomic E-state index is 13.7. The van der Waals surface area contributed by atoms with Crippen LogP contribution in [0.25, 0.3) is 0 Å². The molecule has 1 unspecified atom stereocenters. The minimum Gasteiger partial charge on any atom is -0.461 e. The van der Waals surface area contributed by atoms with Crippen LogP contribution in [0.2, 0.25) is 0 Å². The Morgan fingerprint density at radius 3 is 2.61 bits per heavy atom. The van der Waals surface area contributed by atoms with Gasteiger partial charge in [0.05, 0.1) is 6.61 Å². The summed E-state index contributed by atoms with van der Waals surface area (Å²) in [5.41, 5.74) is 1.26. The summed E-state index contributed by atoms with van der Waals surface area (Å²) in [4.78, 5) is 11.1. The molecule has 0 bridgehead atoms. The first kappa shape index (κ1) is 14.6. The smallest absolute Gasteiger partial charge is 0.380 e. The first-order chi connectivity index (χ1) is 8.30. The number of ether oxygens (including phenoxy) is 1. The summed E-state index contributed by atoms with van der Waals surface area (Å²) in [7, 11) is 0. The molecule has 0 heterocycles. The van der Waals surface area contributed by atoms with E-state index in [0.717, 1.165) is 5.56 Å². The van der Waals surface area contributed by atoms with E-state index >= 15 is 0 Å². The maximum atomic E-state index is 13.7. The van der Waals surface area contributed by atoms with Gasteiger partial charge in [-0.3, -0.25) is 0 Å². The number of rotatable bonds is 4. The molecule has 0 saturated heterocycles. The van der Waals surface area contributed by atoms with E-state index in [9.17, 15) is 18.7 Å². The lowest BCUT2D eigenvalue weighted by atomic mass is 9.97. The number of alkyl halides is 2. The molecule has 0 aliphatic carbocycles. The highest BCUT2D eigenvalue weighted by Crippen LogP contribution is 2.34. The normalized spacial score (nSPS) is 13.2. The molecule has 18 heavy (non-hydrogen) atoms. The average molecular weight is 258 g/mol. The summed E-state index contributed by atoms with van der Waals surface area (Å²) in [5.74, 6) is -5.66. The van der Waals surface area contributed by atoms with Crippen LogP contribution in [0.1, 0.15) is 29.7 Å². The van der Waals surface area contributed by atoms with Gasteiger partial charge in [-0.1, -0.05) is 23.8 Å². The topological polar surface area (TPSA) is 46.5 Å². The molecular weight excluding hydrogens is 242 g/mol. The molecule has 0 amide bonds. The van der Waals surface area contributed by atoms with Crippen LogP contribution < -0.4 is 0 Å². The Kier molecular flexibility index (Phi) is 4.40. The van der Waals surface area contributed by atoms with Crippen LogP contribution in [0, 0.1) is 13.8 Å². The largest absolute Gasteiger partial charge is 0.461 e. The highest BCUT2D eigenvalue weighted by molar-refractivity contribution is 5.78. The fraction of sp³-hybridized carbons (Fsp3) is 0.462. The molecule has 0 radical (unpaired) electrons. The molecule has 1 rings (SSSR count). The van der Waals surface area contributed by atoms with Crippen molar-refractivity contribution >= 4 is 5.97 Å². The fourth-order valence-corrected chi connectivity index (χ4v) is 1.59. The summed E-state index contributed by atoms with van der Waals surface area (Å²) in [6.07, 6.45) is -2.20. The lowest BCUT2D eigenvalue weighted by Gasteiger charge is -2.22. The van der Waals surface area contributed by atoms with Gasteiger partial charge in [-0.15, -0.1) is 0 Å². The molecule has 1 aromatic rings. The lowest BCUT2D eigenvalue weighted by Crippen LogP contribution is -2.37. The summed E-state index contributed by atoms with van der Waals surface area (Å²) < 4.78 is 31.6. The Morgan fingerprint density at radius 2 is 2.06 bits per heavy atom. The van der Waals surface area contributed by atoms with E-state index in [2.05, 4.69) is 4.74 Å². The van der Waals surface area contributed by atoms with Gasteiger partial charge in [0.1, 0.15) is 0 Å². The number of aliphatic hydroxyl groups is 1. The zero-order chi connectivity index (χ0) is 13.9. The van der Waals surface area contributed by atoms with E-state index in [4.69, 9.17) is 0 Å². The second-order valence-corrected chi connectivity index (χ2v) is 4.11. The van der Waals surface area contributed by atoms with Gasteiger partial charge < -0.3 is 9.84 Å². The number of esters is 1. The van der Waals surface area contributed by atoms with Crippen LogP contribution in [0.4, 0.5) is 8.78 Å². The SMILES string of the molecule is CCOC(=O)C(F)(F)C(O)c1cc(C)ccc1C. The molecule has 0 saturated carbocycles. The number of halogens is 2. The van der Waals surface area contributed by atoms with Crippen LogP contribution in [0.5, 0.6) is 0 Å². The minimum absolute atomic E-state index is 0.0352. The van der Waals surface area contributed by atoms with E-state index in [1.54, 1.807) is 26.0 Å². The van der Waals surface area contributed by atoms with Gasteiger partial charge in [-0.25, -0.2) is 4.79 Å². The molecule has 0 aliphatic rings. The van der Waals surface area contributed by atoms with Gasteiger partial charge in [0.25, 0.3) is 0 Å². The number of hydrogen-bond acceptors (Lipinski definition) is 3. The highest BCUT2D eigenvalue weighted by atomic mass is 19.3. The molecule has 3 nitrogen and oxygen atoms in total. The monoisotopic (exact) mass is 258 g/mol. The third-order valence-corrected chi connectivity index (χ3v) is 2.62. The third-order valence-electron chi connectivity index (χ3n) is 2.62. The molecule has 0 aromatic heterocycles. The van der Waals surface area contributed by atoms with Gasteiger partial charge in [-0.2, -0.15) is 8.78 Å². The predicted octanol–water partition coefficient (Wildman–Crippen LogP) is 2.54. The van der Waals surface area contributed by atoms with Crippen molar-refractivity contribution in [3.63, 3.8) is 0 Å². The first-order valence-corrected chi connectivity index (χ1v) is 5.61. The number of benzene rings is 1. The van der Waals surface area contributed by atoms with Crippen molar-refractivity contribution in [2.45, 2.75) is 32.8 Å². The van der Waals surface area contributed by atoms with Crippen LogP contribution in [0.15, 0.2) is 18.2 Å². The second-order valence-electron chi connectivity index (χ2n) is 4.11. The molecule has 5 heteroatoms. The average Bonchev–Trinajstić information content (AvgIpc) is 2.31. The lowest BCUT2D eigenvalue weighted by molar-refractivity contribution is -0.189. The summed E-state index contributed by atoms with van der Waals surface area (Å²) in [6.45, 7) is 4.59. The van der Waals surface area contributed by atoms with Gasteiger partial charge in [0.15, 0.2) is 6.10 Å². The first-order valence-electron chi connectivity index (χ1n) is 5.61. The zero-order valence-electron chi connectivity index (χ0n) is 10.5. The van der Waals surface area contributed by atoms with Crippen LogP contribution >= 0.6 is 0 Å². The predicted molar refractivity (Wildman–Crippen MR) is 62.5 cm³/mol. The zero-order valence-corrected chi connectivity index (χ0v) is 10.5. The van der Waals surface area contributed by atoms with Crippen molar-refractivity contribution in [3.8, 4) is 0 Å². The molecular formula is C13H16F2O3. The second kappa shape index (κ2) is 5.44. The van der Waals surface area contributed by atoms with E-state index in [1.165, 1.54) is 13.0 Å². The standard InChI is InChI=1S/C13H16F2O3/c1-4-18-12(17)13(14,15)11(16)10-7-8(2)5-6-9(10)3/h5-7,11,16H,4H2,1-3H3. The van der Waals surface area contributed by atoms with Crippen molar-refractivity contribution in [3.05, 3.63) is 34.9 Å². The molecule has 1 aromatic carbocycles. The van der Waals surface area contributed by atoms with E-state index in [1.807, 2.05) is 0 Å². The van der Waals surface area contributed by atoms with E-state index in [0.29, 0.717) is 5.56 Å². The number of aliphatic hydroxyl groups excluding tert-OH is 1. The van der Waals surface area contributed by atoms with Gasteiger partial charge >= 0.3 is 11.9 Å². The Labute approximate surface area is 104 Å². The summed E-state index contributed by atoms with van der Waals surface area (Å²) in [5, 5.41) is 9.70. The molecule has 0 aliphatic heterocycles. The van der Waals surface area contributed by atoms with Gasteiger partial charge in [0, 0.05) is 0 Å². The summed E-state index contributed by atoms with van der Waals surface area (Å²) >= 11 is 0. The van der Waals surface area contributed by atoms with Crippen molar-refractivity contribution in [2.24, 2.45) is 0 Å². The van der Waals surface area contributed by atoms with E-state index < -0.39 is 18.0 Å². The van der Waals surface area contributed by atoms with Crippen molar-refractivity contribution in [1.29, 1.82) is 0 Å². The quantitative estimate of drug-likeness (QED) is 0.844. The third kappa shape index (κ3) is 2.85. The van der Waals surface area contributed by atoms with Crippen molar-refractivity contribution < 1.29 is 23.4 Å². The van der Waals surface area contributed by atoms with Crippen LogP contribution in [0.3, 0.4) is 0 Å². The van der Waals surface area contributed by atoms with Gasteiger partial charge in [0.2, 0.25) is 0 Å². The van der Waals surface area contributed by atoms with Gasteiger partial charge in [-0.05, 0) is 31.9 Å². The van der Waals surface area contributed by atoms with Crippen LogP contribution in [-0.4, -0.2) is 23.6 Å². The molecule has 0 spiro atoms. The number of carbonyl (C=O) groups is 1. The van der Waals surface area contributed by atoms with Crippen LogP contribution in [-0.2, 0) is 9.53 Å². The Bertz CT molecular complexity index is 444. The molecule has 1 atom stereocenters. The summed E-state index contributed by atoms with van der Waals surface area (Å²) in [6, 6.07) is 4.80. The molecule has 1 N–H and O–H groups in total. The van der Waals surface area contributed by atoms with E-state index in [-0.39, 0.29) is 12.2 Å². The highest BCUT2D eigenvalue weighted by Gasteiger charge is 2.49. The Morgan fingerprint density at radius 1 is 1.44 bits per heavy atom. The fourth-order valence-electron chi connectivity index (χ4n) is 1.59. The van der Waals surface area contributed by atoms with Crippen molar-refractivity contribution in [2.75, 3.05) is 6.61 Å². The molecule has 0 fully saturated rings. The van der Waals surface area contributed by atoms with Crippen molar-refractivity contribution in [1.82, 2.24) is 0 Å². The molecule has 100 valence electrons. The Balaban J connectivity index is 3.08. The number of hydrogen-bond donors (Lipinski definition) is 1. The number of carbonyl (C=O) groups excluding carboxylic acids is 1. The minimum atomic E-state index is -3.95. The number of aryl methyl sites for hydroxylation is 2. The maximum Gasteiger partial charge on any atom is 0.380 e.